The average molecular weight is 571 g/mol. The number of rotatable bonds is 2. The number of Topliss-reactive ketones (excluding diaryl/α,β-unsaturated/α-hetero) is 1. The second-order valence-corrected chi connectivity index (χ2v) is 16.4. The Labute approximate surface area is 242 Å². The smallest absolute Gasteiger partial charge is 0.321 e. The highest BCUT2D eigenvalue weighted by molar-refractivity contribution is 6.01. The van der Waals surface area contributed by atoms with Gasteiger partial charge in [0, 0.05) is 29.2 Å². The molecule has 5 fully saturated rings. The van der Waals surface area contributed by atoms with Gasteiger partial charge in [0.2, 0.25) is 5.60 Å². The molecule has 6 nitrogen and oxygen atoms in total. The molecular weight excluding hydrogens is 526 g/mol. The molecule has 4 saturated carbocycles. The number of allylic oxidation sites excluding steroid dienone is 1. The predicted molar refractivity (Wildman–Crippen MR) is 147 cm³/mol. The van der Waals surface area contributed by atoms with Crippen molar-refractivity contribution < 1.29 is 27.9 Å². The molecule has 0 radical (unpaired) electrons. The van der Waals surface area contributed by atoms with Crippen LogP contribution in [0.2, 0.25) is 0 Å². The Bertz CT molecular complexity index is 1340. The lowest BCUT2D eigenvalue weighted by Crippen LogP contribution is -2.71. The highest BCUT2D eigenvalue weighted by Crippen LogP contribution is 2.77. The highest BCUT2D eigenvalue weighted by atomic mass is 19.3. The summed E-state index contributed by atoms with van der Waals surface area (Å²) in [6, 6.07) is 2.20. The van der Waals surface area contributed by atoms with Crippen LogP contribution in [0.25, 0.3) is 0 Å². The van der Waals surface area contributed by atoms with Crippen LogP contribution in [0.4, 0.5) is 8.78 Å². The first kappa shape index (κ1) is 29.0. The molecule has 1 aliphatic heterocycles. The van der Waals surface area contributed by atoms with Crippen molar-refractivity contribution in [3.05, 3.63) is 11.6 Å². The number of amides is 1. The molecule has 1 heterocycles. The molecule has 6 aliphatic rings. The van der Waals surface area contributed by atoms with Gasteiger partial charge in [-0.15, -0.1) is 0 Å². The Morgan fingerprint density at radius 1 is 1.05 bits per heavy atom. The molecule has 8 heteroatoms. The first-order valence-electron chi connectivity index (χ1n) is 15.3. The number of carbonyl (C=O) groups is 3. The molecule has 1 N–H and O–H groups in total. The summed E-state index contributed by atoms with van der Waals surface area (Å²) < 4.78 is 34.4. The average Bonchev–Trinajstić information content (AvgIpc) is 3.62. The number of halogens is 2. The van der Waals surface area contributed by atoms with Crippen LogP contribution >= 0.6 is 0 Å². The lowest BCUT2D eigenvalue weighted by molar-refractivity contribution is -0.171. The quantitative estimate of drug-likeness (QED) is 0.414. The van der Waals surface area contributed by atoms with Crippen molar-refractivity contribution in [2.24, 2.45) is 44.8 Å². The zero-order valence-corrected chi connectivity index (χ0v) is 25.7. The Morgan fingerprint density at radius 2 is 1.68 bits per heavy atom. The summed E-state index contributed by atoms with van der Waals surface area (Å²) in [4.78, 5) is 40.8. The first-order chi connectivity index (χ1) is 18.7. The molecule has 0 aromatic rings. The van der Waals surface area contributed by atoms with Crippen LogP contribution in [-0.4, -0.2) is 40.6 Å². The number of ketones is 2. The Morgan fingerprint density at radius 3 is 2.29 bits per heavy atom. The fourth-order valence-corrected chi connectivity index (χ4v) is 11.0. The van der Waals surface area contributed by atoms with E-state index in [9.17, 15) is 28.4 Å². The summed E-state index contributed by atoms with van der Waals surface area (Å²) in [6.45, 7) is 15.3. The van der Waals surface area contributed by atoms with Crippen LogP contribution in [-0.2, 0) is 19.1 Å². The number of nitriles is 1. The van der Waals surface area contributed by atoms with E-state index < -0.39 is 56.7 Å². The molecule has 0 aromatic heterocycles. The van der Waals surface area contributed by atoms with Gasteiger partial charge in [0.15, 0.2) is 11.6 Å². The number of alkyl halides is 2. The monoisotopic (exact) mass is 570 g/mol. The zero-order chi connectivity index (χ0) is 30.4. The Balaban J connectivity index is 1.49. The molecular formula is C33H44F2N2O4. The topological polar surface area (TPSA) is 99.6 Å². The summed E-state index contributed by atoms with van der Waals surface area (Å²) in [5.41, 5.74) is -3.80. The van der Waals surface area contributed by atoms with Crippen molar-refractivity contribution in [2.75, 3.05) is 0 Å². The van der Waals surface area contributed by atoms with Crippen molar-refractivity contribution >= 4 is 17.5 Å². The molecule has 41 heavy (non-hydrogen) atoms. The summed E-state index contributed by atoms with van der Waals surface area (Å²) >= 11 is 0. The van der Waals surface area contributed by atoms with E-state index in [0.29, 0.717) is 32.6 Å². The highest BCUT2D eigenvalue weighted by Gasteiger charge is 2.82. The van der Waals surface area contributed by atoms with Crippen molar-refractivity contribution in [1.82, 2.24) is 5.32 Å². The van der Waals surface area contributed by atoms with Crippen molar-refractivity contribution in [2.45, 2.75) is 124 Å². The van der Waals surface area contributed by atoms with Crippen LogP contribution < -0.4 is 5.32 Å². The number of hydrogen-bond donors (Lipinski definition) is 1. The molecule has 0 spiro atoms. The lowest BCUT2D eigenvalue weighted by Gasteiger charge is -2.69. The predicted octanol–water partition coefficient (Wildman–Crippen LogP) is 5.94. The van der Waals surface area contributed by atoms with E-state index in [1.165, 1.54) is 0 Å². The molecule has 5 aliphatic carbocycles. The van der Waals surface area contributed by atoms with Crippen molar-refractivity contribution in [3.8, 4) is 6.07 Å². The van der Waals surface area contributed by atoms with Crippen LogP contribution in [0.5, 0.6) is 0 Å². The number of ether oxygens (including phenoxy) is 1. The zero-order valence-electron chi connectivity index (χ0n) is 25.7. The maximum absolute atomic E-state index is 14.5. The third kappa shape index (κ3) is 3.33. The third-order valence-corrected chi connectivity index (χ3v) is 13.5. The standard InChI is InChI=1S/C33H44F2N2O4/c1-26(2)11-13-32(37-25(40)31(8,34)35)14-12-29(6)22(18(32)16-26)19(38)15-21-28(29,5)10-9-20-27(3,4)23(39)33(17-36)24(41-33)30(20,21)7/h15,18,20,22,24H,9-14,16H2,1-8H3,(H,37,40)/t18?,20-,22+,24+,28+,29+,30-,32-,33-/m0/s1. The van der Waals surface area contributed by atoms with Gasteiger partial charge in [0.1, 0.15) is 12.2 Å². The van der Waals surface area contributed by atoms with Gasteiger partial charge >= 0.3 is 5.92 Å². The second kappa shape index (κ2) is 7.87. The molecule has 0 aromatic carbocycles. The van der Waals surface area contributed by atoms with E-state index in [-0.39, 0.29) is 28.8 Å². The molecule has 6 rings (SSSR count). The third-order valence-electron chi connectivity index (χ3n) is 13.5. The van der Waals surface area contributed by atoms with Crippen molar-refractivity contribution in [1.29, 1.82) is 5.26 Å². The number of fused-ring (bicyclic) bond motifs is 9. The maximum atomic E-state index is 14.5. The summed E-state index contributed by atoms with van der Waals surface area (Å²) in [5, 5.41) is 12.9. The minimum absolute atomic E-state index is 0.0240. The minimum atomic E-state index is -3.50. The number of epoxide rings is 1. The first-order valence-corrected chi connectivity index (χ1v) is 15.3. The number of carbonyl (C=O) groups excluding carboxylic acids is 3. The lowest BCUT2D eigenvalue weighted by atomic mass is 9.34. The van der Waals surface area contributed by atoms with Crippen LogP contribution in [0, 0.1) is 56.2 Å². The fraction of sp³-hybridized carbons (Fsp3) is 0.818. The Hall–Kier alpha value is -2.14. The molecule has 9 atom stereocenters. The van der Waals surface area contributed by atoms with E-state index in [4.69, 9.17) is 4.74 Å². The van der Waals surface area contributed by atoms with Crippen LogP contribution in [0.1, 0.15) is 100 Å². The maximum Gasteiger partial charge on any atom is 0.321 e. The van der Waals surface area contributed by atoms with Crippen LogP contribution in [0.3, 0.4) is 0 Å². The van der Waals surface area contributed by atoms with Crippen molar-refractivity contribution in [3.63, 3.8) is 0 Å². The SMILES string of the molecule is CC1(C)CC[C@]2(NC(=O)C(C)(F)F)CC[C@]3(C)[C@@H](C(=O)C=C4[C@@]5(C)[C@H]6O[C@@]6(C#N)C(=O)C(C)(C)[C@@H]5CC[C@]43C)C2C1. The minimum Gasteiger partial charge on any atom is -0.345 e. The van der Waals surface area contributed by atoms with E-state index in [2.05, 4.69) is 46.0 Å². The van der Waals surface area contributed by atoms with Gasteiger partial charge in [-0.1, -0.05) is 54.0 Å². The largest absolute Gasteiger partial charge is 0.345 e. The fourth-order valence-electron chi connectivity index (χ4n) is 11.0. The second-order valence-electron chi connectivity index (χ2n) is 16.4. The van der Waals surface area contributed by atoms with Gasteiger partial charge in [-0.25, -0.2) is 0 Å². The van der Waals surface area contributed by atoms with E-state index in [1.807, 2.05) is 13.8 Å². The van der Waals surface area contributed by atoms with Gasteiger partial charge in [0.05, 0.1) is 0 Å². The number of nitrogens with one attached hydrogen (secondary N) is 1. The van der Waals surface area contributed by atoms with Gasteiger partial charge in [-0.05, 0) is 79.1 Å². The normalized spacial score (nSPS) is 49.1. The molecule has 0 bridgehead atoms. The molecule has 1 amide bonds. The summed E-state index contributed by atoms with van der Waals surface area (Å²) in [6.07, 6.45) is 5.91. The molecule has 224 valence electrons. The summed E-state index contributed by atoms with van der Waals surface area (Å²) in [7, 11) is 0. The Kier molecular flexibility index (Phi) is 5.56. The van der Waals surface area contributed by atoms with E-state index in [1.54, 1.807) is 6.08 Å². The number of hydrogen-bond acceptors (Lipinski definition) is 5. The molecule has 1 saturated heterocycles. The molecule has 1 unspecified atom stereocenters. The van der Waals surface area contributed by atoms with E-state index >= 15 is 0 Å². The number of nitrogens with zero attached hydrogens (tertiary/aromatic N) is 1. The van der Waals surface area contributed by atoms with Gasteiger partial charge < -0.3 is 10.1 Å². The summed E-state index contributed by atoms with van der Waals surface area (Å²) in [5.74, 6) is -5.74. The van der Waals surface area contributed by atoms with Gasteiger partial charge in [-0.2, -0.15) is 14.0 Å². The van der Waals surface area contributed by atoms with Gasteiger partial charge in [0.25, 0.3) is 5.91 Å². The van der Waals surface area contributed by atoms with Crippen LogP contribution in [0.15, 0.2) is 11.6 Å². The van der Waals surface area contributed by atoms with Gasteiger partial charge in [-0.3, -0.25) is 14.4 Å². The van der Waals surface area contributed by atoms with E-state index in [0.717, 1.165) is 24.8 Å².